The summed E-state index contributed by atoms with van der Waals surface area (Å²) >= 11 is 6.25. The number of halogens is 1. The van der Waals surface area contributed by atoms with Gasteiger partial charge in [0.25, 0.3) is 0 Å². The summed E-state index contributed by atoms with van der Waals surface area (Å²) in [5, 5.41) is 4.11. The molecule has 21 heavy (non-hydrogen) atoms. The van der Waals surface area contributed by atoms with Gasteiger partial charge in [-0.1, -0.05) is 23.7 Å². The van der Waals surface area contributed by atoms with Crippen LogP contribution in [-0.4, -0.2) is 50.1 Å². The van der Waals surface area contributed by atoms with E-state index < -0.39 is 0 Å². The maximum atomic E-state index is 12.5. The zero-order chi connectivity index (χ0) is 14.7. The molecule has 0 radical (unpaired) electrons. The van der Waals surface area contributed by atoms with Crippen LogP contribution in [0, 0.1) is 5.92 Å². The number of carbonyl (C=O) groups excluding carboxylic acids is 1. The summed E-state index contributed by atoms with van der Waals surface area (Å²) in [6.07, 6.45) is 2.13. The molecule has 2 aliphatic rings. The largest absolute Gasteiger partial charge is 0.367 e. The molecule has 1 N–H and O–H groups in total. The van der Waals surface area contributed by atoms with E-state index in [1.54, 1.807) is 0 Å². The van der Waals surface area contributed by atoms with Gasteiger partial charge in [-0.2, -0.15) is 0 Å². The smallest absolute Gasteiger partial charge is 0.227 e. The minimum absolute atomic E-state index is 0.172. The minimum Gasteiger partial charge on any atom is -0.367 e. The molecule has 1 amide bonds. The Hall–Kier alpha value is -1.26. The summed E-state index contributed by atoms with van der Waals surface area (Å²) in [7, 11) is 0. The van der Waals surface area contributed by atoms with Crippen LogP contribution in [-0.2, 0) is 4.79 Å². The first-order valence-electron chi connectivity index (χ1n) is 7.74. The summed E-state index contributed by atoms with van der Waals surface area (Å²) in [6, 6.07) is 7.92. The molecule has 2 fully saturated rings. The first kappa shape index (κ1) is 14.7. The summed E-state index contributed by atoms with van der Waals surface area (Å²) in [5.41, 5.74) is 1.07. The topological polar surface area (TPSA) is 35.6 Å². The lowest BCUT2D eigenvalue weighted by atomic mass is 9.98. The van der Waals surface area contributed by atoms with Crippen LogP contribution in [0.3, 0.4) is 0 Å². The molecule has 4 nitrogen and oxygen atoms in total. The van der Waals surface area contributed by atoms with Crippen LogP contribution in [0.2, 0.25) is 5.02 Å². The number of carbonyl (C=O) groups is 1. The second-order valence-corrected chi connectivity index (χ2v) is 6.21. The van der Waals surface area contributed by atoms with E-state index in [4.69, 9.17) is 11.6 Å². The number of rotatable bonds is 2. The molecule has 0 saturated carbocycles. The summed E-state index contributed by atoms with van der Waals surface area (Å²) < 4.78 is 0. The number of nitrogens with one attached hydrogen (secondary N) is 1. The monoisotopic (exact) mass is 307 g/mol. The number of piperazine rings is 1. The number of benzene rings is 1. The molecule has 114 valence electrons. The van der Waals surface area contributed by atoms with Crippen LogP contribution in [0.25, 0.3) is 0 Å². The van der Waals surface area contributed by atoms with Gasteiger partial charge >= 0.3 is 0 Å². The van der Waals surface area contributed by atoms with Gasteiger partial charge in [-0.25, -0.2) is 0 Å². The lowest BCUT2D eigenvalue weighted by Gasteiger charge is -2.38. The average Bonchev–Trinajstić information content (AvgIpc) is 2.56. The zero-order valence-electron chi connectivity index (χ0n) is 12.2. The van der Waals surface area contributed by atoms with E-state index in [9.17, 15) is 4.79 Å². The van der Waals surface area contributed by atoms with Gasteiger partial charge in [-0.05, 0) is 31.5 Å². The van der Waals surface area contributed by atoms with Crippen LogP contribution in [0.5, 0.6) is 0 Å². The van der Waals surface area contributed by atoms with Crippen molar-refractivity contribution in [1.82, 2.24) is 10.2 Å². The van der Waals surface area contributed by atoms with E-state index >= 15 is 0 Å². The number of amides is 1. The zero-order valence-corrected chi connectivity index (χ0v) is 13.0. The minimum atomic E-state index is 0.172. The van der Waals surface area contributed by atoms with Crippen molar-refractivity contribution in [3.05, 3.63) is 29.3 Å². The van der Waals surface area contributed by atoms with E-state index in [0.717, 1.165) is 62.8 Å². The Balaban J connectivity index is 1.57. The molecule has 2 aliphatic heterocycles. The molecular formula is C16H22ClN3O. The SMILES string of the molecule is O=C(C1CCCNC1)N1CCN(c2ccccc2Cl)CC1. The maximum Gasteiger partial charge on any atom is 0.227 e. The van der Waals surface area contributed by atoms with Crippen LogP contribution >= 0.6 is 11.6 Å². The second-order valence-electron chi connectivity index (χ2n) is 5.81. The third kappa shape index (κ3) is 3.33. The predicted octanol–water partition coefficient (Wildman–Crippen LogP) is 1.99. The van der Waals surface area contributed by atoms with E-state index in [2.05, 4.69) is 10.2 Å². The van der Waals surface area contributed by atoms with E-state index in [-0.39, 0.29) is 5.92 Å². The van der Waals surface area contributed by atoms with Gasteiger partial charge in [-0.15, -0.1) is 0 Å². The number of para-hydroxylation sites is 1. The first-order chi connectivity index (χ1) is 10.3. The summed E-state index contributed by atoms with van der Waals surface area (Å²) in [6.45, 7) is 5.18. The Kier molecular flexibility index (Phi) is 4.66. The summed E-state index contributed by atoms with van der Waals surface area (Å²) in [5.74, 6) is 0.492. The fourth-order valence-electron chi connectivity index (χ4n) is 3.20. The number of piperidine rings is 1. The predicted molar refractivity (Wildman–Crippen MR) is 85.8 cm³/mol. The number of hydrogen-bond acceptors (Lipinski definition) is 3. The Morgan fingerprint density at radius 1 is 1.19 bits per heavy atom. The van der Waals surface area contributed by atoms with Crippen molar-refractivity contribution in [2.45, 2.75) is 12.8 Å². The molecule has 2 heterocycles. The quantitative estimate of drug-likeness (QED) is 0.907. The molecule has 1 atom stereocenters. The average molecular weight is 308 g/mol. The molecule has 5 heteroatoms. The normalized spacial score (nSPS) is 23.2. The lowest BCUT2D eigenvalue weighted by molar-refractivity contribution is -0.136. The second kappa shape index (κ2) is 6.67. The highest BCUT2D eigenvalue weighted by atomic mass is 35.5. The molecule has 1 aromatic carbocycles. The Morgan fingerprint density at radius 2 is 1.95 bits per heavy atom. The highest BCUT2D eigenvalue weighted by molar-refractivity contribution is 6.33. The fraction of sp³-hybridized carbons (Fsp3) is 0.562. The van der Waals surface area contributed by atoms with Gasteiger partial charge in [0.2, 0.25) is 5.91 Å². The Morgan fingerprint density at radius 3 is 2.62 bits per heavy atom. The molecular weight excluding hydrogens is 286 g/mol. The lowest BCUT2D eigenvalue weighted by Crippen LogP contribution is -2.52. The van der Waals surface area contributed by atoms with Crippen LogP contribution < -0.4 is 10.2 Å². The third-order valence-electron chi connectivity index (χ3n) is 4.43. The standard InChI is InChI=1S/C16H22ClN3O/c17-14-5-1-2-6-15(14)19-8-10-20(11-9-19)16(21)13-4-3-7-18-12-13/h1-2,5-6,13,18H,3-4,7-12H2. The van der Waals surface area contributed by atoms with Gasteiger partial charge in [0.1, 0.15) is 0 Å². The molecule has 3 rings (SSSR count). The highest BCUT2D eigenvalue weighted by Crippen LogP contribution is 2.26. The molecule has 0 spiro atoms. The molecule has 1 aromatic rings. The van der Waals surface area contributed by atoms with Crippen molar-refractivity contribution in [3.63, 3.8) is 0 Å². The highest BCUT2D eigenvalue weighted by Gasteiger charge is 2.28. The Labute approximate surface area is 131 Å². The molecule has 0 aliphatic carbocycles. The first-order valence-corrected chi connectivity index (χ1v) is 8.12. The Bertz CT molecular complexity index is 494. The van der Waals surface area contributed by atoms with Crippen LogP contribution in [0.15, 0.2) is 24.3 Å². The molecule has 0 bridgehead atoms. The van der Waals surface area contributed by atoms with Crippen molar-refractivity contribution >= 4 is 23.2 Å². The third-order valence-corrected chi connectivity index (χ3v) is 4.75. The van der Waals surface area contributed by atoms with Gasteiger partial charge in [-0.3, -0.25) is 4.79 Å². The van der Waals surface area contributed by atoms with Crippen molar-refractivity contribution < 1.29 is 4.79 Å². The van der Waals surface area contributed by atoms with Crippen molar-refractivity contribution in [2.75, 3.05) is 44.2 Å². The van der Waals surface area contributed by atoms with Crippen LogP contribution in [0.1, 0.15) is 12.8 Å². The summed E-state index contributed by atoms with van der Waals surface area (Å²) in [4.78, 5) is 16.8. The van der Waals surface area contributed by atoms with E-state index in [1.165, 1.54) is 0 Å². The van der Waals surface area contributed by atoms with E-state index in [1.807, 2.05) is 29.2 Å². The number of hydrogen-bond donors (Lipinski definition) is 1. The fourth-order valence-corrected chi connectivity index (χ4v) is 3.45. The van der Waals surface area contributed by atoms with Gasteiger partial charge in [0, 0.05) is 32.7 Å². The van der Waals surface area contributed by atoms with Crippen molar-refractivity contribution in [3.8, 4) is 0 Å². The number of anilines is 1. The van der Waals surface area contributed by atoms with Gasteiger partial charge < -0.3 is 15.1 Å². The molecule has 2 saturated heterocycles. The molecule has 0 aromatic heterocycles. The maximum absolute atomic E-state index is 12.5. The molecule has 1 unspecified atom stereocenters. The van der Waals surface area contributed by atoms with Gasteiger partial charge in [0.15, 0.2) is 0 Å². The van der Waals surface area contributed by atoms with Crippen molar-refractivity contribution in [2.24, 2.45) is 5.92 Å². The van der Waals surface area contributed by atoms with Crippen molar-refractivity contribution in [1.29, 1.82) is 0 Å². The number of nitrogens with zero attached hydrogens (tertiary/aromatic N) is 2. The van der Waals surface area contributed by atoms with E-state index in [0.29, 0.717) is 5.91 Å². The van der Waals surface area contributed by atoms with Gasteiger partial charge in [0.05, 0.1) is 16.6 Å². The van der Waals surface area contributed by atoms with Crippen LogP contribution in [0.4, 0.5) is 5.69 Å².